The standard InChI is InChI=1S/C31H34N2O6/c1-19(27-25(34)16-30(2,3)17-26(27)35)32-31(28(36)37)12-14-33(15-13-31)29(38)39-18-24-22-10-6-4-8-20(22)21-9-5-7-11-23(21)24/h4-11,24,34H,12-18H2,1-3H3,(H,36,37). The van der Waals surface area contributed by atoms with E-state index in [2.05, 4.69) is 29.3 Å². The van der Waals surface area contributed by atoms with E-state index >= 15 is 0 Å². The molecule has 2 aromatic carbocycles. The molecule has 8 nitrogen and oxygen atoms in total. The SMILES string of the molecule is CC(=NC1(C(=O)O)CCN(C(=O)OCC2c3ccccc3-c3ccccc32)CC1)C1=C(O)CC(C)(C)CC1=O. The highest BCUT2D eigenvalue weighted by atomic mass is 16.6. The third-order valence-electron chi connectivity index (χ3n) is 8.18. The van der Waals surface area contributed by atoms with Crippen LogP contribution in [0.2, 0.25) is 0 Å². The highest BCUT2D eigenvalue weighted by Gasteiger charge is 2.44. The average Bonchev–Trinajstić information content (AvgIpc) is 3.20. The molecule has 5 rings (SSSR count). The monoisotopic (exact) mass is 530 g/mol. The molecule has 3 aliphatic rings. The summed E-state index contributed by atoms with van der Waals surface area (Å²) in [4.78, 5) is 44.1. The number of rotatable bonds is 5. The van der Waals surface area contributed by atoms with Crippen LogP contribution in [-0.4, -0.2) is 63.9 Å². The number of carbonyl (C=O) groups is 3. The van der Waals surface area contributed by atoms with Crippen LogP contribution in [0, 0.1) is 5.41 Å². The smallest absolute Gasteiger partial charge is 0.409 e. The predicted octanol–water partition coefficient (Wildman–Crippen LogP) is 5.52. The number of aliphatic carboxylic acids is 1. The second-order valence-electron chi connectivity index (χ2n) is 11.6. The number of likely N-dealkylation sites (tertiary alicyclic amines) is 1. The number of carboxylic acids is 1. The molecule has 1 amide bonds. The van der Waals surface area contributed by atoms with Crippen molar-refractivity contribution in [2.24, 2.45) is 10.4 Å². The zero-order valence-electron chi connectivity index (χ0n) is 22.6. The number of aliphatic hydroxyl groups is 1. The van der Waals surface area contributed by atoms with E-state index in [1.54, 1.807) is 6.92 Å². The number of ketones is 1. The van der Waals surface area contributed by atoms with E-state index in [9.17, 15) is 24.6 Å². The fraction of sp³-hybridized carbons (Fsp3) is 0.419. The van der Waals surface area contributed by atoms with Crippen LogP contribution in [-0.2, 0) is 14.3 Å². The minimum absolute atomic E-state index is 0.0471. The van der Waals surface area contributed by atoms with E-state index in [0.29, 0.717) is 6.42 Å². The summed E-state index contributed by atoms with van der Waals surface area (Å²) >= 11 is 0. The van der Waals surface area contributed by atoms with Crippen LogP contribution in [0.5, 0.6) is 0 Å². The number of allylic oxidation sites excluding steroid dienone is 2. The molecular formula is C31H34N2O6. The first kappa shape index (κ1) is 26.7. The van der Waals surface area contributed by atoms with Crippen molar-refractivity contribution in [3.63, 3.8) is 0 Å². The lowest BCUT2D eigenvalue weighted by atomic mass is 9.75. The molecule has 0 unspecified atom stereocenters. The Balaban J connectivity index is 1.27. The minimum Gasteiger partial charge on any atom is -0.511 e. The van der Waals surface area contributed by atoms with Gasteiger partial charge in [-0.15, -0.1) is 0 Å². The molecule has 0 atom stereocenters. The largest absolute Gasteiger partial charge is 0.511 e. The van der Waals surface area contributed by atoms with Gasteiger partial charge in [0.15, 0.2) is 11.3 Å². The maximum atomic E-state index is 13.0. The van der Waals surface area contributed by atoms with Crippen LogP contribution in [0.3, 0.4) is 0 Å². The Morgan fingerprint density at radius 2 is 1.56 bits per heavy atom. The van der Waals surface area contributed by atoms with Crippen molar-refractivity contribution < 1.29 is 29.3 Å². The lowest BCUT2D eigenvalue weighted by Gasteiger charge is -2.37. The van der Waals surface area contributed by atoms with E-state index in [1.807, 2.05) is 38.1 Å². The number of carbonyl (C=O) groups excluding carboxylic acids is 2. The lowest BCUT2D eigenvalue weighted by molar-refractivity contribution is -0.145. The number of nitrogens with zero attached hydrogens (tertiary/aromatic N) is 2. The number of hydrogen-bond acceptors (Lipinski definition) is 6. The quantitative estimate of drug-likeness (QED) is 0.492. The Hall–Kier alpha value is -3.94. The minimum atomic E-state index is -1.48. The summed E-state index contributed by atoms with van der Waals surface area (Å²) in [6.45, 7) is 5.89. The molecule has 39 heavy (non-hydrogen) atoms. The number of benzene rings is 2. The van der Waals surface area contributed by atoms with E-state index in [1.165, 1.54) is 4.90 Å². The van der Waals surface area contributed by atoms with E-state index < -0.39 is 17.6 Å². The summed E-state index contributed by atoms with van der Waals surface area (Å²) in [6, 6.07) is 16.2. The van der Waals surface area contributed by atoms with Crippen molar-refractivity contribution in [1.82, 2.24) is 4.90 Å². The predicted molar refractivity (Wildman–Crippen MR) is 147 cm³/mol. The van der Waals surface area contributed by atoms with Gasteiger partial charge in [-0.25, -0.2) is 9.59 Å². The molecule has 2 aliphatic carbocycles. The third-order valence-corrected chi connectivity index (χ3v) is 8.18. The van der Waals surface area contributed by atoms with Crippen molar-refractivity contribution in [1.29, 1.82) is 0 Å². The van der Waals surface area contributed by atoms with Gasteiger partial charge in [-0.05, 0) is 34.6 Å². The van der Waals surface area contributed by atoms with Gasteiger partial charge in [-0.3, -0.25) is 9.79 Å². The maximum absolute atomic E-state index is 13.0. The van der Waals surface area contributed by atoms with Crippen LogP contribution in [0.15, 0.2) is 64.9 Å². The Bertz CT molecular complexity index is 1350. The number of aliphatic imine (C=N–C) groups is 1. The molecule has 1 aliphatic heterocycles. The van der Waals surface area contributed by atoms with Gasteiger partial charge < -0.3 is 19.8 Å². The normalized spacial score (nSPS) is 20.4. The van der Waals surface area contributed by atoms with Crippen molar-refractivity contribution in [3.05, 3.63) is 71.0 Å². The molecule has 0 saturated carbocycles. The molecule has 0 spiro atoms. The van der Waals surface area contributed by atoms with Gasteiger partial charge in [0, 0.05) is 50.4 Å². The van der Waals surface area contributed by atoms with Gasteiger partial charge in [0.05, 0.1) is 5.57 Å². The number of carboxylic acid groups (broad SMARTS) is 1. The van der Waals surface area contributed by atoms with Crippen molar-refractivity contribution in [3.8, 4) is 11.1 Å². The molecule has 1 heterocycles. The number of Topliss-reactive ketones (excluding diaryl/α,β-unsaturated/α-hetero) is 1. The first-order valence-corrected chi connectivity index (χ1v) is 13.4. The Kier molecular flexibility index (Phi) is 6.83. The molecule has 1 saturated heterocycles. The summed E-state index contributed by atoms with van der Waals surface area (Å²) in [5.41, 5.74) is 3.05. The Morgan fingerprint density at radius 3 is 2.10 bits per heavy atom. The van der Waals surface area contributed by atoms with E-state index in [4.69, 9.17) is 4.74 Å². The van der Waals surface area contributed by atoms with Gasteiger partial charge in [0.2, 0.25) is 0 Å². The topological polar surface area (TPSA) is 116 Å². The molecule has 0 radical (unpaired) electrons. The van der Waals surface area contributed by atoms with Crippen molar-refractivity contribution in [2.75, 3.05) is 19.7 Å². The maximum Gasteiger partial charge on any atom is 0.409 e. The van der Waals surface area contributed by atoms with E-state index in [0.717, 1.165) is 22.3 Å². The molecule has 2 N–H and O–H groups in total. The van der Waals surface area contributed by atoms with Crippen molar-refractivity contribution in [2.45, 2.75) is 57.9 Å². The Labute approximate surface area is 228 Å². The molecular weight excluding hydrogens is 496 g/mol. The summed E-state index contributed by atoms with van der Waals surface area (Å²) in [5.74, 6) is -1.45. The van der Waals surface area contributed by atoms with Crippen LogP contribution < -0.4 is 0 Å². The van der Waals surface area contributed by atoms with Gasteiger partial charge >= 0.3 is 12.1 Å². The summed E-state index contributed by atoms with van der Waals surface area (Å²) in [6.07, 6.45) is 0.266. The van der Waals surface area contributed by atoms with Gasteiger partial charge in [0.25, 0.3) is 0 Å². The van der Waals surface area contributed by atoms with Crippen LogP contribution in [0.4, 0.5) is 4.79 Å². The molecule has 204 valence electrons. The van der Waals surface area contributed by atoms with Crippen LogP contribution in [0.1, 0.15) is 63.5 Å². The van der Waals surface area contributed by atoms with Gasteiger partial charge in [0.1, 0.15) is 12.4 Å². The molecule has 8 heteroatoms. The summed E-state index contributed by atoms with van der Waals surface area (Å²) in [5, 5.41) is 20.6. The third kappa shape index (κ3) is 4.95. The second kappa shape index (κ2) is 9.98. The number of amides is 1. The number of hydrogen-bond donors (Lipinski definition) is 2. The zero-order chi connectivity index (χ0) is 27.9. The number of ether oxygens (including phenoxy) is 1. The molecule has 0 aromatic heterocycles. The lowest BCUT2D eigenvalue weighted by Crippen LogP contribution is -2.50. The average molecular weight is 531 g/mol. The Morgan fingerprint density at radius 1 is 1.00 bits per heavy atom. The second-order valence-corrected chi connectivity index (χ2v) is 11.6. The summed E-state index contributed by atoms with van der Waals surface area (Å²) < 4.78 is 5.75. The van der Waals surface area contributed by atoms with E-state index in [-0.39, 0.29) is 73.1 Å². The van der Waals surface area contributed by atoms with Crippen LogP contribution in [0.25, 0.3) is 11.1 Å². The number of fused-ring (bicyclic) bond motifs is 3. The number of piperidine rings is 1. The zero-order valence-corrected chi connectivity index (χ0v) is 22.6. The van der Waals surface area contributed by atoms with Gasteiger partial charge in [-0.2, -0.15) is 0 Å². The number of aliphatic hydroxyl groups excluding tert-OH is 1. The summed E-state index contributed by atoms with van der Waals surface area (Å²) in [7, 11) is 0. The van der Waals surface area contributed by atoms with Crippen molar-refractivity contribution >= 4 is 23.6 Å². The first-order valence-electron chi connectivity index (χ1n) is 13.4. The molecule has 0 bridgehead atoms. The molecule has 2 aromatic rings. The van der Waals surface area contributed by atoms with Gasteiger partial charge in [-0.1, -0.05) is 62.4 Å². The highest BCUT2D eigenvalue weighted by Crippen LogP contribution is 2.44. The highest BCUT2D eigenvalue weighted by molar-refractivity contribution is 6.22. The molecule has 1 fully saturated rings. The fourth-order valence-electron chi connectivity index (χ4n) is 6.19. The fourth-order valence-corrected chi connectivity index (χ4v) is 6.19. The first-order chi connectivity index (χ1) is 18.5. The van der Waals surface area contributed by atoms with Crippen LogP contribution >= 0.6 is 0 Å².